The number of hydrogen-bond acceptors (Lipinski definition) is 7. The molecule has 0 aromatic heterocycles. The van der Waals surface area contributed by atoms with Crippen molar-refractivity contribution in [2.75, 3.05) is 13.2 Å². The van der Waals surface area contributed by atoms with Crippen molar-refractivity contribution in [2.45, 2.75) is 95.5 Å². The normalized spacial score (nSPS) is 15.5. The third kappa shape index (κ3) is 16.7. The van der Waals surface area contributed by atoms with E-state index in [1.165, 1.54) is 44.9 Å². The second kappa shape index (κ2) is 19.0. The van der Waals surface area contributed by atoms with Crippen molar-refractivity contribution in [1.82, 2.24) is 0 Å². The highest BCUT2D eigenvalue weighted by atomic mass is 16.4. The van der Waals surface area contributed by atoms with Crippen LogP contribution >= 0.6 is 0 Å². The third-order valence-electron chi connectivity index (χ3n) is 4.01. The summed E-state index contributed by atoms with van der Waals surface area (Å²) in [6.07, 6.45) is 5.09. The Bertz CT molecular complexity index is 300. The van der Waals surface area contributed by atoms with Gasteiger partial charge in [-0.15, -0.1) is 0 Å². The molecule has 0 rings (SSSR count). The molecule has 7 N–H and O–H groups in total. The van der Waals surface area contributed by atoms with Gasteiger partial charge in [-0.3, -0.25) is 4.79 Å². The highest BCUT2D eigenvalue weighted by Gasteiger charge is 2.29. The molecule has 0 aromatic rings. The molecule has 0 aliphatic heterocycles. The zero-order chi connectivity index (χ0) is 20.4. The number of carbonyl (C=O) groups is 1. The molecule has 0 aromatic carbocycles. The van der Waals surface area contributed by atoms with Crippen LogP contribution in [0.25, 0.3) is 0 Å². The van der Waals surface area contributed by atoms with Gasteiger partial charge in [-0.05, 0) is 6.42 Å². The summed E-state index contributed by atoms with van der Waals surface area (Å²) in [5.41, 5.74) is 0. The van der Waals surface area contributed by atoms with Gasteiger partial charge >= 0.3 is 5.97 Å². The molecule has 8 nitrogen and oxygen atoms in total. The van der Waals surface area contributed by atoms with Gasteiger partial charge in [0.25, 0.3) is 0 Å². The lowest BCUT2D eigenvalue weighted by Gasteiger charge is -2.24. The SMILES string of the molecule is CCCCCCCCCCCC(=O)O.OCC(O)C(O)C(O)C(O)CO. The Balaban J connectivity index is 0. The first-order valence-corrected chi connectivity index (χ1v) is 9.47. The molecule has 8 heteroatoms. The van der Waals surface area contributed by atoms with Gasteiger partial charge in [0.1, 0.15) is 24.4 Å². The van der Waals surface area contributed by atoms with E-state index in [9.17, 15) is 4.79 Å². The maximum atomic E-state index is 10.2. The quantitative estimate of drug-likeness (QED) is 0.201. The van der Waals surface area contributed by atoms with Crippen LogP contribution in [-0.4, -0.2) is 79.3 Å². The van der Waals surface area contributed by atoms with Crippen LogP contribution in [0, 0.1) is 0 Å². The molecule has 0 radical (unpaired) electrons. The van der Waals surface area contributed by atoms with Crippen LogP contribution in [0.1, 0.15) is 71.1 Å². The largest absolute Gasteiger partial charge is 0.481 e. The number of aliphatic hydroxyl groups excluding tert-OH is 6. The van der Waals surface area contributed by atoms with Crippen molar-refractivity contribution in [3.63, 3.8) is 0 Å². The molecule has 0 amide bonds. The molecule has 0 aliphatic carbocycles. The molecule has 0 saturated carbocycles. The fraction of sp³-hybridized carbons (Fsp3) is 0.944. The van der Waals surface area contributed by atoms with E-state index in [0.717, 1.165) is 12.8 Å². The van der Waals surface area contributed by atoms with Gasteiger partial charge in [-0.2, -0.15) is 0 Å². The monoisotopic (exact) mass is 382 g/mol. The lowest BCUT2D eigenvalue weighted by atomic mass is 10.0. The van der Waals surface area contributed by atoms with E-state index in [-0.39, 0.29) is 0 Å². The van der Waals surface area contributed by atoms with Crippen molar-refractivity contribution in [3.8, 4) is 0 Å². The average molecular weight is 382 g/mol. The first-order valence-electron chi connectivity index (χ1n) is 9.47. The van der Waals surface area contributed by atoms with Crippen molar-refractivity contribution in [3.05, 3.63) is 0 Å². The summed E-state index contributed by atoms with van der Waals surface area (Å²) in [6, 6.07) is 0. The van der Waals surface area contributed by atoms with E-state index in [2.05, 4.69) is 6.92 Å². The Labute approximate surface area is 156 Å². The molecule has 0 spiro atoms. The van der Waals surface area contributed by atoms with Crippen LogP contribution in [0.15, 0.2) is 0 Å². The Morgan fingerprint density at radius 2 is 1.04 bits per heavy atom. The second-order valence-electron chi connectivity index (χ2n) is 6.45. The molecular weight excluding hydrogens is 344 g/mol. The topological polar surface area (TPSA) is 159 Å². The Kier molecular flexibility index (Phi) is 20.1. The van der Waals surface area contributed by atoms with Crippen molar-refractivity contribution in [1.29, 1.82) is 0 Å². The first-order chi connectivity index (χ1) is 12.3. The summed E-state index contributed by atoms with van der Waals surface area (Å²) in [6.45, 7) is 0.776. The van der Waals surface area contributed by atoms with Gasteiger partial charge in [0, 0.05) is 6.42 Å². The molecule has 4 unspecified atom stereocenters. The summed E-state index contributed by atoms with van der Waals surface area (Å²) in [5, 5.41) is 60.6. The summed E-state index contributed by atoms with van der Waals surface area (Å²) < 4.78 is 0. The number of unbranched alkanes of at least 4 members (excludes halogenated alkanes) is 8. The van der Waals surface area contributed by atoms with E-state index in [0.29, 0.717) is 6.42 Å². The molecule has 0 saturated heterocycles. The van der Waals surface area contributed by atoms with Crippen LogP contribution in [0.2, 0.25) is 0 Å². The number of carboxylic acids is 1. The molecule has 0 aliphatic rings. The zero-order valence-electron chi connectivity index (χ0n) is 15.8. The van der Waals surface area contributed by atoms with Crippen molar-refractivity contribution >= 4 is 5.97 Å². The summed E-state index contributed by atoms with van der Waals surface area (Å²) in [4.78, 5) is 10.2. The molecule has 26 heavy (non-hydrogen) atoms. The van der Waals surface area contributed by atoms with Gasteiger partial charge in [-0.1, -0.05) is 58.3 Å². The number of aliphatic hydroxyl groups is 6. The summed E-state index contributed by atoms with van der Waals surface area (Å²) >= 11 is 0. The minimum Gasteiger partial charge on any atom is -0.481 e. The van der Waals surface area contributed by atoms with Crippen LogP contribution in [0.3, 0.4) is 0 Å². The number of hydrogen-bond donors (Lipinski definition) is 7. The van der Waals surface area contributed by atoms with Crippen LogP contribution in [-0.2, 0) is 4.79 Å². The standard InChI is InChI=1S/C12H24O2.C6H14O6/c1-2-3-4-5-6-7-8-9-10-11-12(13)14;7-1-3(9)5(11)6(12)4(10)2-8/h2-11H2,1H3,(H,13,14);3-12H,1-2H2. The number of carboxylic acid groups (broad SMARTS) is 1. The zero-order valence-corrected chi connectivity index (χ0v) is 15.8. The Morgan fingerprint density at radius 1 is 0.692 bits per heavy atom. The van der Waals surface area contributed by atoms with Crippen LogP contribution in [0.4, 0.5) is 0 Å². The van der Waals surface area contributed by atoms with Crippen molar-refractivity contribution in [2.24, 2.45) is 0 Å². The fourth-order valence-corrected chi connectivity index (χ4v) is 2.26. The highest BCUT2D eigenvalue weighted by Crippen LogP contribution is 2.10. The van der Waals surface area contributed by atoms with Crippen LogP contribution < -0.4 is 0 Å². The van der Waals surface area contributed by atoms with Gasteiger partial charge in [0.2, 0.25) is 0 Å². The fourth-order valence-electron chi connectivity index (χ4n) is 2.26. The lowest BCUT2D eigenvalue weighted by molar-refractivity contribution is -0.137. The minimum absolute atomic E-state index is 0.343. The van der Waals surface area contributed by atoms with E-state index in [4.69, 9.17) is 35.7 Å². The molecule has 4 atom stereocenters. The summed E-state index contributed by atoms with van der Waals surface area (Å²) in [7, 11) is 0. The highest BCUT2D eigenvalue weighted by molar-refractivity contribution is 5.66. The number of aliphatic carboxylic acids is 1. The van der Waals surface area contributed by atoms with Gasteiger partial charge in [0.15, 0.2) is 0 Å². The second-order valence-corrected chi connectivity index (χ2v) is 6.45. The third-order valence-corrected chi connectivity index (χ3v) is 4.01. The smallest absolute Gasteiger partial charge is 0.303 e. The Morgan fingerprint density at radius 3 is 1.35 bits per heavy atom. The van der Waals surface area contributed by atoms with Crippen LogP contribution in [0.5, 0.6) is 0 Å². The van der Waals surface area contributed by atoms with E-state index in [1.54, 1.807) is 0 Å². The predicted octanol–water partition coefficient (Wildman–Crippen LogP) is 0.406. The minimum atomic E-state index is -1.67. The molecule has 0 bridgehead atoms. The van der Waals surface area contributed by atoms with E-state index < -0.39 is 43.6 Å². The maximum Gasteiger partial charge on any atom is 0.303 e. The van der Waals surface area contributed by atoms with E-state index >= 15 is 0 Å². The van der Waals surface area contributed by atoms with E-state index in [1.807, 2.05) is 0 Å². The van der Waals surface area contributed by atoms with Gasteiger partial charge in [-0.25, -0.2) is 0 Å². The lowest BCUT2D eigenvalue weighted by Crippen LogP contribution is -2.46. The van der Waals surface area contributed by atoms with Gasteiger partial charge < -0.3 is 35.7 Å². The molecule has 158 valence electrons. The average Bonchev–Trinajstić information content (AvgIpc) is 2.64. The summed E-state index contributed by atoms with van der Waals surface area (Å²) in [5.74, 6) is -0.659. The molecule has 0 fully saturated rings. The number of rotatable bonds is 15. The first kappa shape index (κ1) is 27.4. The van der Waals surface area contributed by atoms with Gasteiger partial charge in [0.05, 0.1) is 13.2 Å². The van der Waals surface area contributed by atoms with Crippen molar-refractivity contribution < 1.29 is 40.5 Å². The predicted molar refractivity (Wildman–Crippen MR) is 97.7 cm³/mol. The molecular formula is C18H38O8. The molecule has 0 heterocycles. The Hall–Kier alpha value is -0.770. The maximum absolute atomic E-state index is 10.2.